The van der Waals surface area contributed by atoms with Gasteiger partial charge >= 0.3 is 6.09 Å². The first-order valence-electron chi connectivity index (χ1n) is 7.14. The van der Waals surface area contributed by atoms with Gasteiger partial charge in [-0.25, -0.2) is 4.79 Å². The fraction of sp³-hybridized carbons (Fsp3) is 0.467. The van der Waals surface area contributed by atoms with Gasteiger partial charge in [-0.05, 0) is 18.6 Å². The third-order valence-corrected chi connectivity index (χ3v) is 3.56. The molecule has 1 saturated heterocycles. The number of nitrogens with two attached hydrogens (primary N) is 1. The second kappa shape index (κ2) is 6.97. The van der Waals surface area contributed by atoms with E-state index in [0.29, 0.717) is 44.9 Å². The minimum absolute atomic E-state index is 0.0383. The number of benzene rings is 1. The molecular weight excluding hydrogens is 270 g/mol. The predicted molar refractivity (Wildman–Crippen MR) is 79.7 cm³/mol. The van der Waals surface area contributed by atoms with E-state index in [1.807, 2.05) is 18.2 Å². The number of nitrogens with zero attached hydrogens (tertiary/aromatic N) is 2. The average molecular weight is 291 g/mol. The summed E-state index contributed by atoms with van der Waals surface area (Å²) in [6.07, 6.45) is -0.0107. The first-order chi connectivity index (χ1) is 10.1. The van der Waals surface area contributed by atoms with Crippen LogP contribution in [-0.2, 0) is 16.0 Å². The van der Waals surface area contributed by atoms with Crippen LogP contribution in [-0.4, -0.2) is 54.6 Å². The standard InChI is InChI=1S/C15H21N3O3/c1-2-21-15(20)18-9-7-17(8-10-18)14(19)11-12-5-3-4-6-13(12)16/h3-6H,2,7-11,16H2,1H3. The summed E-state index contributed by atoms with van der Waals surface area (Å²) in [5.74, 6) is 0.0383. The van der Waals surface area contributed by atoms with Crippen LogP contribution >= 0.6 is 0 Å². The Morgan fingerprint density at radius 1 is 1.14 bits per heavy atom. The summed E-state index contributed by atoms with van der Waals surface area (Å²) in [5.41, 5.74) is 7.33. The van der Waals surface area contributed by atoms with Crippen molar-refractivity contribution in [1.29, 1.82) is 0 Å². The Kier molecular flexibility index (Phi) is 5.03. The molecule has 0 radical (unpaired) electrons. The summed E-state index contributed by atoms with van der Waals surface area (Å²) in [6, 6.07) is 7.38. The number of amides is 2. The number of carbonyl (C=O) groups is 2. The van der Waals surface area contributed by atoms with Crippen molar-refractivity contribution in [2.45, 2.75) is 13.3 Å². The maximum absolute atomic E-state index is 12.3. The van der Waals surface area contributed by atoms with Gasteiger partial charge < -0.3 is 20.3 Å². The van der Waals surface area contributed by atoms with E-state index in [0.717, 1.165) is 5.56 Å². The summed E-state index contributed by atoms with van der Waals surface area (Å²) in [5, 5.41) is 0. The van der Waals surface area contributed by atoms with Crippen LogP contribution in [0.5, 0.6) is 0 Å². The smallest absolute Gasteiger partial charge is 0.409 e. The largest absolute Gasteiger partial charge is 0.450 e. The Labute approximate surface area is 124 Å². The summed E-state index contributed by atoms with van der Waals surface area (Å²) >= 11 is 0. The number of ether oxygens (including phenoxy) is 1. The van der Waals surface area contributed by atoms with Gasteiger partial charge in [0.2, 0.25) is 5.91 Å². The van der Waals surface area contributed by atoms with E-state index in [2.05, 4.69) is 0 Å². The maximum Gasteiger partial charge on any atom is 0.409 e. The van der Waals surface area contributed by atoms with E-state index in [-0.39, 0.29) is 12.0 Å². The second-order valence-electron chi connectivity index (χ2n) is 4.94. The summed E-state index contributed by atoms with van der Waals surface area (Å²) in [4.78, 5) is 27.2. The van der Waals surface area contributed by atoms with Gasteiger partial charge in [0.15, 0.2) is 0 Å². The van der Waals surface area contributed by atoms with Crippen molar-refractivity contribution in [1.82, 2.24) is 9.80 Å². The zero-order valence-electron chi connectivity index (χ0n) is 12.2. The molecule has 0 aliphatic carbocycles. The molecule has 2 amide bonds. The van der Waals surface area contributed by atoms with Crippen molar-refractivity contribution in [3.05, 3.63) is 29.8 Å². The van der Waals surface area contributed by atoms with E-state index < -0.39 is 0 Å². The molecule has 6 heteroatoms. The summed E-state index contributed by atoms with van der Waals surface area (Å²) in [7, 11) is 0. The van der Waals surface area contributed by atoms with Gasteiger partial charge in [-0.3, -0.25) is 4.79 Å². The molecular formula is C15H21N3O3. The fourth-order valence-corrected chi connectivity index (χ4v) is 2.32. The lowest BCUT2D eigenvalue weighted by atomic mass is 10.1. The molecule has 0 saturated carbocycles. The lowest BCUT2D eigenvalue weighted by molar-refractivity contribution is -0.132. The highest BCUT2D eigenvalue weighted by Crippen LogP contribution is 2.13. The number of hydrogen-bond donors (Lipinski definition) is 1. The second-order valence-corrected chi connectivity index (χ2v) is 4.94. The number of carbonyl (C=O) groups excluding carboxylic acids is 2. The van der Waals surface area contributed by atoms with Gasteiger partial charge in [0.05, 0.1) is 13.0 Å². The highest BCUT2D eigenvalue weighted by Gasteiger charge is 2.24. The van der Waals surface area contributed by atoms with E-state index in [4.69, 9.17) is 10.5 Å². The highest BCUT2D eigenvalue weighted by molar-refractivity contribution is 5.80. The topological polar surface area (TPSA) is 75.9 Å². The summed E-state index contributed by atoms with van der Waals surface area (Å²) in [6.45, 7) is 4.23. The van der Waals surface area contributed by atoms with Crippen molar-refractivity contribution < 1.29 is 14.3 Å². The molecule has 21 heavy (non-hydrogen) atoms. The third-order valence-electron chi connectivity index (χ3n) is 3.56. The van der Waals surface area contributed by atoms with Gasteiger partial charge in [-0.15, -0.1) is 0 Å². The van der Waals surface area contributed by atoms with Crippen LogP contribution in [0.1, 0.15) is 12.5 Å². The molecule has 0 bridgehead atoms. The molecule has 1 heterocycles. The molecule has 0 spiro atoms. The molecule has 1 aromatic carbocycles. The quantitative estimate of drug-likeness (QED) is 0.847. The monoisotopic (exact) mass is 291 g/mol. The lowest BCUT2D eigenvalue weighted by Crippen LogP contribution is -2.51. The molecule has 1 aliphatic rings. The number of anilines is 1. The van der Waals surface area contributed by atoms with Crippen LogP contribution in [0.3, 0.4) is 0 Å². The van der Waals surface area contributed by atoms with Gasteiger partial charge in [-0.2, -0.15) is 0 Å². The van der Waals surface area contributed by atoms with Gasteiger partial charge in [0.1, 0.15) is 0 Å². The first-order valence-corrected chi connectivity index (χ1v) is 7.14. The van der Waals surface area contributed by atoms with Crippen molar-refractivity contribution in [3.8, 4) is 0 Å². The predicted octanol–water partition coefficient (Wildman–Crippen LogP) is 1.11. The van der Waals surface area contributed by atoms with Crippen LogP contribution in [0.4, 0.5) is 10.5 Å². The molecule has 0 aromatic heterocycles. The molecule has 1 fully saturated rings. The van der Waals surface area contributed by atoms with Crippen LogP contribution < -0.4 is 5.73 Å². The zero-order chi connectivity index (χ0) is 15.2. The average Bonchev–Trinajstić information content (AvgIpc) is 2.50. The SMILES string of the molecule is CCOC(=O)N1CCN(C(=O)Cc2ccccc2N)CC1. The highest BCUT2D eigenvalue weighted by atomic mass is 16.6. The zero-order valence-corrected chi connectivity index (χ0v) is 12.2. The maximum atomic E-state index is 12.3. The van der Waals surface area contributed by atoms with Crippen molar-refractivity contribution in [2.24, 2.45) is 0 Å². The Balaban J connectivity index is 1.86. The third kappa shape index (κ3) is 3.87. The normalized spacial score (nSPS) is 14.9. The summed E-state index contributed by atoms with van der Waals surface area (Å²) < 4.78 is 4.96. The molecule has 114 valence electrons. The Morgan fingerprint density at radius 2 is 1.76 bits per heavy atom. The van der Waals surface area contributed by atoms with E-state index in [9.17, 15) is 9.59 Å². The van der Waals surface area contributed by atoms with Crippen LogP contribution in [0.15, 0.2) is 24.3 Å². The number of para-hydroxylation sites is 1. The molecule has 0 unspecified atom stereocenters. The van der Waals surface area contributed by atoms with Gasteiger partial charge in [0.25, 0.3) is 0 Å². The molecule has 0 atom stereocenters. The Hall–Kier alpha value is -2.24. The van der Waals surface area contributed by atoms with Gasteiger partial charge in [0, 0.05) is 31.9 Å². The van der Waals surface area contributed by atoms with Crippen LogP contribution in [0.25, 0.3) is 0 Å². The first kappa shape index (κ1) is 15.2. The van der Waals surface area contributed by atoms with E-state index in [1.165, 1.54) is 0 Å². The van der Waals surface area contributed by atoms with Crippen molar-refractivity contribution >= 4 is 17.7 Å². The molecule has 6 nitrogen and oxygen atoms in total. The molecule has 2 N–H and O–H groups in total. The van der Waals surface area contributed by atoms with Gasteiger partial charge in [-0.1, -0.05) is 18.2 Å². The number of piperazine rings is 1. The fourth-order valence-electron chi connectivity index (χ4n) is 2.32. The molecule has 1 aliphatic heterocycles. The van der Waals surface area contributed by atoms with Crippen molar-refractivity contribution in [3.63, 3.8) is 0 Å². The Morgan fingerprint density at radius 3 is 2.38 bits per heavy atom. The molecule has 1 aromatic rings. The van der Waals surface area contributed by atoms with Crippen LogP contribution in [0, 0.1) is 0 Å². The minimum Gasteiger partial charge on any atom is -0.450 e. The van der Waals surface area contributed by atoms with E-state index >= 15 is 0 Å². The number of nitrogen functional groups attached to an aromatic ring is 1. The lowest BCUT2D eigenvalue weighted by Gasteiger charge is -2.34. The Bertz CT molecular complexity index is 511. The number of hydrogen-bond acceptors (Lipinski definition) is 4. The van der Waals surface area contributed by atoms with Crippen molar-refractivity contribution in [2.75, 3.05) is 38.5 Å². The number of rotatable bonds is 3. The minimum atomic E-state index is -0.308. The van der Waals surface area contributed by atoms with Crippen LogP contribution in [0.2, 0.25) is 0 Å². The molecule has 2 rings (SSSR count). The van der Waals surface area contributed by atoms with E-state index in [1.54, 1.807) is 22.8 Å².